The number of nitrogens with zero attached hydrogens (tertiary/aromatic N) is 1. The lowest BCUT2D eigenvalue weighted by Crippen LogP contribution is -2.43. The summed E-state index contributed by atoms with van der Waals surface area (Å²) in [5.74, 6) is 0.966. The Labute approximate surface area is 184 Å². The fraction of sp³-hybridized carbons (Fsp3) is 0.458. The molecular formula is C24H31ClN2O3. The Kier molecular flexibility index (Phi) is 9.00. The van der Waals surface area contributed by atoms with Gasteiger partial charge in [0.05, 0.1) is 25.9 Å². The van der Waals surface area contributed by atoms with Crippen molar-refractivity contribution in [1.82, 2.24) is 10.2 Å². The molecule has 1 saturated heterocycles. The topological polar surface area (TPSA) is 50.8 Å². The van der Waals surface area contributed by atoms with Crippen molar-refractivity contribution in [3.8, 4) is 5.75 Å². The van der Waals surface area contributed by atoms with Crippen LogP contribution in [0.25, 0.3) is 0 Å². The average Bonchev–Trinajstić information content (AvgIpc) is 2.76. The molecule has 0 aromatic heterocycles. The van der Waals surface area contributed by atoms with Gasteiger partial charge >= 0.3 is 0 Å². The predicted molar refractivity (Wildman–Crippen MR) is 120 cm³/mol. The maximum Gasteiger partial charge on any atom is 0.220 e. The van der Waals surface area contributed by atoms with E-state index >= 15 is 0 Å². The van der Waals surface area contributed by atoms with Crippen LogP contribution in [-0.4, -0.2) is 50.3 Å². The zero-order valence-corrected chi connectivity index (χ0v) is 18.4. The van der Waals surface area contributed by atoms with Crippen LogP contribution in [0.5, 0.6) is 5.75 Å². The van der Waals surface area contributed by atoms with E-state index in [-0.39, 0.29) is 11.9 Å². The molecule has 1 atom stereocenters. The molecule has 2 aromatic rings. The van der Waals surface area contributed by atoms with E-state index in [1.54, 1.807) is 0 Å². The minimum absolute atomic E-state index is 0.0813. The molecule has 1 fully saturated rings. The highest BCUT2D eigenvalue weighted by Gasteiger charge is 2.23. The highest BCUT2D eigenvalue weighted by molar-refractivity contribution is 6.30. The number of unbranched alkanes of at least 4 members (excludes halogenated alkanes) is 1. The van der Waals surface area contributed by atoms with E-state index < -0.39 is 0 Å². The molecular weight excluding hydrogens is 400 g/mol. The maximum atomic E-state index is 12.4. The molecule has 1 amide bonds. The van der Waals surface area contributed by atoms with E-state index in [2.05, 4.69) is 10.2 Å². The van der Waals surface area contributed by atoms with Crippen molar-refractivity contribution in [2.24, 2.45) is 0 Å². The Morgan fingerprint density at radius 2 is 1.93 bits per heavy atom. The van der Waals surface area contributed by atoms with Crippen LogP contribution in [0.15, 0.2) is 48.5 Å². The van der Waals surface area contributed by atoms with Crippen molar-refractivity contribution in [2.75, 3.05) is 39.5 Å². The van der Waals surface area contributed by atoms with E-state index in [9.17, 15) is 4.79 Å². The lowest BCUT2D eigenvalue weighted by Gasteiger charge is -2.35. The summed E-state index contributed by atoms with van der Waals surface area (Å²) in [6, 6.07) is 16.0. The summed E-state index contributed by atoms with van der Waals surface area (Å²) in [7, 11) is 0. The summed E-state index contributed by atoms with van der Waals surface area (Å²) in [4.78, 5) is 14.7. The Bertz CT molecular complexity index is 791. The third-order valence-corrected chi connectivity index (χ3v) is 5.54. The van der Waals surface area contributed by atoms with Gasteiger partial charge < -0.3 is 14.8 Å². The monoisotopic (exact) mass is 430 g/mol. The summed E-state index contributed by atoms with van der Waals surface area (Å²) < 4.78 is 11.2. The molecule has 1 aliphatic rings. The standard InChI is InChI=1S/C24H31ClN2O3/c1-19-5-4-6-22(17-19)30-14-3-2-7-24(28)26-18-23(27-12-15-29-16-13-27)20-8-10-21(25)11-9-20/h4-6,8-11,17,23H,2-3,7,12-16,18H2,1H3,(H,26,28). The molecule has 162 valence electrons. The normalized spacial score (nSPS) is 15.5. The average molecular weight is 431 g/mol. The zero-order valence-electron chi connectivity index (χ0n) is 17.6. The largest absolute Gasteiger partial charge is 0.494 e. The molecule has 0 radical (unpaired) electrons. The van der Waals surface area contributed by atoms with E-state index in [4.69, 9.17) is 21.1 Å². The SMILES string of the molecule is Cc1cccc(OCCCCC(=O)NCC(c2ccc(Cl)cc2)N2CCOCC2)c1. The number of amides is 1. The van der Waals surface area contributed by atoms with Gasteiger partial charge in [-0.1, -0.05) is 35.9 Å². The first kappa shape index (κ1) is 22.6. The molecule has 0 saturated carbocycles. The molecule has 0 aliphatic carbocycles. The van der Waals surface area contributed by atoms with Crippen molar-refractivity contribution in [1.29, 1.82) is 0 Å². The summed E-state index contributed by atoms with van der Waals surface area (Å²) in [5.41, 5.74) is 2.34. The number of hydrogen-bond donors (Lipinski definition) is 1. The van der Waals surface area contributed by atoms with Crippen molar-refractivity contribution >= 4 is 17.5 Å². The Morgan fingerprint density at radius 1 is 1.17 bits per heavy atom. The molecule has 0 spiro atoms. The fourth-order valence-corrected chi connectivity index (χ4v) is 3.74. The number of hydrogen-bond acceptors (Lipinski definition) is 4. The number of ether oxygens (including phenoxy) is 2. The Balaban J connectivity index is 1.41. The minimum Gasteiger partial charge on any atom is -0.494 e. The number of nitrogens with one attached hydrogen (secondary N) is 1. The molecule has 6 heteroatoms. The maximum absolute atomic E-state index is 12.4. The number of benzene rings is 2. The molecule has 1 unspecified atom stereocenters. The summed E-state index contributed by atoms with van der Waals surface area (Å²) in [5, 5.41) is 3.83. The summed E-state index contributed by atoms with van der Waals surface area (Å²) >= 11 is 6.05. The molecule has 30 heavy (non-hydrogen) atoms. The second kappa shape index (κ2) is 11.9. The highest BCUT2D eigenvalue weighted by atomic mass is 35.5. The number of rotatable bonds is 10. The second-order valence-electron chi connectivity index (χ2n) is 7.64. The first-order chi connectivity index (χ1) is 14.6. The van der Waals surface area contributed by atoms with Gasteiger partial charge in [0.2, 0.25) is 5.91 Å². The number of aryl methyl sites for hydroxylation is 1. The fourth-order valence-electron chi connectivity index (χ4n) is 3.61. The van der Waals surface area contributed by atoms with Crippen LogP contribution in [0.3, 0.4) is 0 Å². The van der Waals surface area contributed by atoms with E-state index in [0.717, 1.165) is 55.5 Å². The van der Waals surface area contributed by atoms with Gasteiger partial charge in [-0.2, -0.15) is 0 Å². The lowest BCUT2D eigenvalue weighted by atomic mass is 10.0. The first-order valence-corrected chi connectivity index (χ1v) is 11.0. The van der Waals surface area contributed by atoms with Gasteiger partial charge in [-0.25, -0.2) is 0 Å². The summed E-state index contributed by atoms with van der Waals surface area (Å²) in [6.07, 6.45) is 2.17. The Hall–Kier alpha value is -2.08. The molecule has 5 nitrogen and oxygen atoms in total. The van der Waals surface area contributed by atoms with Crippen LogP contribution < -0.4 is 10.1 Å². The molecule has 1 heterocycles. The third kappa shape index (κ3) is 7.31. The van der Waals surface area contributed by atoms with Crippen LogP contribution >= 0.6 is 11.6 Å². The predicted octanol–water partition coefficient (Wildman–Crippen LogP) is 4.39. The van der Waals surface area contributed by atoms with Crippen LogP contribution in [0.2, 0.25) is 5.02 Å². The van der Waals surface area contributed by atoms with E-state index in [1.165, 1.54) is 5.56 Å². The molecule has 1 aliphatic heterocycles. The van der Waals surface area contributed by atoms with Gasteiger partial charge in [0.1, 0.15) is 5.75 Å². The van der Waals surface area contributed by atoms with Gasteiger partial charge in [-0.3, -0.25) is 9.69 Å². The molecule has 3 rings (SSSR count). The van der Waals surface area contributed by atoms with Crippen LogP contribution in [0, 0.1) is 6.92 Å². The lowest BCUT2D eigenvalue weighted by molar-refractivity contribution is -0.121. The highest BCUT2D eigenvalue weighted by Crippen LogP contribution is 2.23. The Morgan fingerprint density at radius 3 is 2.67 bits per heavy atom. The number of morpholine rings is 1. The quantitative estimate of drug-likeness (QED) is 0.568. The van der Waals surface area contributed by atoms with Crippen molar-refractivity contribution in [3.05, 3.63) is 64.7 Å². The summed E-state index contributed by atoms with van der Waals surface area (Å²) in [6.45, 7) is 6.42. The van der Waals surface area contributed by atoms with Crippen LogP contribution in [0.4, 0.5) is 0 Å². The zero-order chi connectivity index (χ0) is 21.2. The van der Waals surface area contributed by atoms with Crippen LogP contribution in [0.1, 0.15) is 36.4 Å². The van der Waals surface area contributed by atoms with Gasteiger partial charge in [0, 0.05) is 31.1 Å². The number of halogens is 1. The number of carbonyl (C=O) groups excluding carboxylic acids is 1. The molecule has 0 bridgehead atoms. The minimum atomic E-state index is 0.0813. The van der Waals surface area contributed by atoms with Gasteiger partial charge in [0.15, 0.2) is 0 Å². The van der Waals surface area contributed by atoms with Crippen molar-refractivity contribution in [2.45, 2.75) is 32.2 Å². The molecule has 2 aromatic carbocycles. The number of carbonyl (C=O) groups is 1. The molecule has 1 N–H and O–H groups in total. The van der Waals surface area contributed by atoms with Crippen LogP contribution in [-0.2, 0) is 9.53 Å². The first-order valence-electron chi connectivity index (χ1n) is 10.7. The second-order valence-corrected chi connectivity index (χ2v) is 8.08. The smallest absolute Gasteiger partial charge is 0.220 e. The third-order valence-electron chi connectivity index (χ3n) is 5.29. The van der Waals surface area contributed by atoms with E-state index in [0.29, 0.717) is 19.6 Å². The van der Waals surface area contributed by atoms with E-state index in [1.807, 2.05) is 55.5 Å². The van der Waals surface area contributed by atoms with Crippen molar-refractivity contribution in [3.63, 3.8) is 0 Å². The van der Waals surface area contributed by atoms with Gasteiger partial charge in [-0.15, -0.1) is 0 Å². The van der Waals surface area contributed by atoms with Gasteiger partial charge in [-0.05, 0) is 55.2 Å². The van der Waals surface area contributed by atoms with Gasteiger partial charge in [0.25, 0.3) is 0 Å². The van der Waals surface area contributed by atoms with Crippen molar-refractivity contribution < 1.29 is 14.3 Å².